The molecule has 0 bridgehead atoms. The van der Waals surface area contributed by atoms with E-state index in [4.69, 9.17) is 0 Å². The second-order valence-corrected chi connectivity index (χ2v) is 9.67. The van der Waals surface area contributed by atoms with Gasteiger partial charge in [0, 0.05) is 11.0 Å². The molecule has 0 saturated heterocycles. The molecule has 136 valence electrons. The monoisotopic (exact) mass is 452 g/mol. The molecule has 0 atom stereocenters. The Kier molecular flexibility index (Phi) is 5.74. The van der Waals surface area contributed by atoms with Crippen molar-refractivity contribution in [1.29, 1.82) is 0 Å². The van der Waals surface area contributed by atoms with Crippen LogP contribution in [0.5, 0.6) is 0 Å². The van der Waals surface area contributed by atoms with Crippen molar-refractivity contribution in [2.24, 2.45) is 4.99 Å². The van der Waals surface area contributed by atoms with Crippen LogP contribution in [0, 0.1) is 0 Å². The zero-order valence-electron chi connectivity index (χ0n) is 14.1. The summed E-state index contributed by atoms with van der Waals surface area (Å²) in [5, 5.41) is 0. The van der Waals surface area contributed by atoms with Gasteiger partial charge in [-0.25, -0.2) is 8.42 Å². The van der Waals surface area contributed by atoms with Crippen LogP contribution in [-0.2, 0) is 26.9 Å². The first-order chi connectivity index (χ1) is 12.4. The molecule has 0 unspecified atom stereocenters. The van der Waals surface area contributed by atoms with Gasteiger partial charge in [-0.3, -0.25) is 4.79 Å². The van der Waals surface area contributed by atoms with Gasteiger partial charge >= 0.3 is 0 Å². The van der Waals surface area contributed by atoms with Crippen molar-refractivity contribution in [3.63, 3.8) is 0 Å². The number of amides is 1. The number of aromatic nitrogens is 1. The molecule has 26 heavy (non-hydrogen) atoms. The lowest BCUT2D eigenvalue weighted by Gasteiger charge is -2.03. The van der Waals surface area contributed by atoms with Crippen LogP contribution < -0.4 is 4.80 Å². The smallest absolute Gasteiger partial charge is 0.263 e. The van der Waals surface area contributed by atoms with E-state index in [9.17, 15) is 13.2 Å². The Bertz CT molecular complexity index is 1120. The lowest BCUT2D eigenvalue weighted by molar-refractivity contribution is -0.115. The van der Waals surface area contributed by atoms with Gasteiger partial charge in [-0.2, -0.15) is 4.99 Å². The van der Waals surface area contributed by atoms with Gasteiger partial charge in [0.15, 0.2) is 14.6 Å². The summed E-state index contributed by atoms with van der Waals surface area (Å²) in [6.07, 6.45) is 0. The maximum absolute atomic E-state index is 12.3. The molecule has 0 radical (unpaired) electrons. The van der Waals surface area contributed by atoms with E-state index >= 15 is 0 Å². The van der Waals surface area contributed by atoms with Gasteiger partial charge in [0.25, 0.3) is 5.91 Å². The van der Waals surface area contributed by atoms with Gasteiger partial charge in [-0.15, -0.1) is 0 Å². The first kappa shape index (κ1) is 19.0. The molecule has 3 aromatic rings. The van der Waals surface area contributed by atoms with Crippen molar-refractivity contribution in [3.05, 3.63) is 63.4 Å². The molecule has 0 aliphatic heterocycles. The molecular formula is C18H17BrN2O3S2. The predicted molar refractivity (Wildman–Crippen MR) is 108 cm³/mol. The number of halogens is 1. The molecule has 0 fully saturated rings. The molecule has 5 nitrogen and oxygen atoms in total. The molecule has 1 heterocycles. The number of thiazole rings is 1. The van der Waals surface area contributed by atoms with Crippen molar-refractivity contribution in [3.8, 4) is 0 Å². The number of carbonyl (C=O) groups is 1. The molecule has 3 rings (SSSR count). The highest BCUT2D eigenvalue weighted by Crippen LogP contribution is 2.25. The minimum absolute atomic E-state index is 0.166. The number of nitrogens with zero attached hydrogens (tertiary/aromatic N) is 2. The van der Waals surface area contributed by atoms with Crippen LogP contribution in [-0.4, -0.2) is 24.6 Å². The average molecular weight is 453 g/mol. The number of carbonyl (C=O) groups excluding carboxylic acids is 1. The maximum Gasteiger partial charge on any atom is 0.263 e. The summed E-state index contributed by atoms with van der Waals surface area (Å²) in [5.74, 6) is -1.41. The first-order valence-corrected chi connectivity index (χ1v) is 11.4. The van der Waals surface area contributed by atoms with Crippen molar-refractivity contribution >= 4 is 53.2 Å². The second-order valence-electron chi connectivity index (χ2n) is 5.74. The van der Waals surface area contributed by atoms with E-state index in [2.05, 4.69) is 20.9 Å². The summed E-state index contributed by atoms with van der Waals surface area (Å²) in [7, 11) is -3.57. The topological polar surface area (TPSA) is 68.5 Å². The summed E-state index contributed by atoms with van der Waals surface area (Å²) in [6, 6.07) is 14.6. The van der Waals surface area contributed by atoms with Crippen molar-refractivity contribution < 1.29 is 13.2 Å². The molecule has 1 amide bonds. The Morgan fingerprint density at radius 2 is 1.88 bits per heavy atom. The van der Waals surface area contributed by atoms with Gasteiger partial charge in [0.05, 0.1) is 16.0 Å². The van der Waals surface area contributed by atoms with Crippen LogP contribution in [0.4, 0.5) is 0 Å². The van der Waals surface area contributed by atoms with Crippen LogP contribution in [0.1, 0.15) is 12.5 Å². The highest BCUT2D eigenvalue weighted by atomic mass is 79.9. The minimum Gasteiger partial charge on any atom is -0.316 e. The Morgan fingerprint density at radius 3 is 2.58 bits per heavy atom. The summed E-state index contributed by atoms with van der Waals surface area (Å²) < 4.78 is 28.4. The normalized spacial score (nSPS) is 12.6. The number of sulfone groups is 1. The van der Waals surface area contributed by atoms with Crippen LogP contribution in [0.15, 0.2) is 58.0 Å². The summed E-state index contributed by atoms with van der Waals surface area (Å²) in [6.45, 7) is 2.59. The van der Waals surface area contributed by atoms with Gasteiger partial charge < -0.3 is 4.57 Å². The fourth-order valence-electron chi connectivity index (χ4n) is 2.67. The van der Waals surface area contributed by atoms with E-state index in [1.807, 2.05) is 35.8 Å². The zero-order valence-corrected chi connectivity index (χ0v) is 17.3. The molecule has 2 aromatic carbocycles. The highest BCUT2D eigenvalue weighted by molar-refractivity contribution is 9.10. The first-order valence-electron chi connectivity index (χ1n) is 7.99. The third kappa shape index (κ3) is 4.31. The molecule has 0 N–H and O–H groups in total. The summed E-state index contributed by atoms with van der Waals surface area (Å²) in [5.41, 5.74) is 1.62. The quantitative estimate of drug-likeness (QED) is 0.594. The van der Waals surface area contributed by atoms with Gasteiger partial charge in [-0.1, -0.05) is 47.7 Å². The largest absolute Gasteiger partial charge is 0.316 e. The number of benzene rings is 2. The Hall–Kier alpha value is -1.77. The maximum atomic E-state index is 12.3. The number of para-hydroxylation sites is 1. The van der Waals surface area contributed by atoms with Crippen LogP contribution >= 0.6 is 27.3 Å². The number of aryl methyl sites for hydroxylation is 1. The van der Waals surface area contributed by atoms with Crippen LogP contribution in [0.2, 0.25) is 0 Å². The third-order valence-electron chi connectivity index (χ3n) is 3.76. The van der Waals surface area contributed by atoms with Crippen molar-refractivity contribution in [2.45, 2.75) is 19.2 Å². The fraction of sp³-hybridized carbons (Fsp3) is 0.222. The SMILES string of the molecule is CCn1c(=NC(=O)CS(=O)(=O)Cc2ccccc2)sc2cccc(Br)c21. The molecule has 0 spiro atoms. The molecule has 1 aromatic heterocycles. The van der Waals surface area contributed by atoms with Crippen molar-refractivity contribution in [1.82, 2.24) is 4.57 Å². The third-order valence-corrected chi connectivity index (χ3v) is 6.90. The molecule has 8 heteroatoms. The van der Waals surface area contributed by atoms with E-state index in [0.717, 1.165) is 14.7 Å². The predicted octanol–water partition coefficient (Wildman–Crippen LogP) is 3.53. The molecule has 0 aliphatic carbocycles. The fourth-order valence-corrected chi connectivity index (χ4v) is 5.76. The standard InChI is InChI=1S/C18H17BrN2O3S2/c1-2-21-17-14(19)9-6-10-15(17)25-18(21)20-16(22)12-26(23,24)11-13-7-4-3-5-8-13/h3-10H,2,11-12H2,1H3. The molecular weight excluding hydrogens is 436 g/mol. The number of fused-ring (bicyclic) bond motifs is 1. The number of hydrogen-bond acceptors (Lipinski definition) is 4. The Morgan fingerprint density at radius 1 is 1.15 bits per heavy atom. The van der Waals surface area contributed by atoms with Crippen LogP contribution in [0.3, 0.4) is 0 Å². The average Bonchev–Trinajstić information content (AvgIpc) is 2.92. The molecule has 0 aliphatic rings. The zero-order chi connectivity index (χ0) is 18.7. The van der Waals surface area contributed by atoms with E-state index in [1.165, 1.54) is 11.3 Å². The lowest BCUT2D eigenvalue weighted by atomic mass is 10.2. The number of rotatable bonds is 5. The van der Waals surface area contributed by atoms with Gasteiger partial charge in [-0.05, 0) is 40.5 Å². The van der Waals surface area contributed by atoms with Gasteiger partial charge in [0.2, 0.25) is 0 Å². The van der Waals surface area contributed by atoms with Crippen molar-refractivity contribution in [2.75, 3.05) is 5.75 Å². The second kappa shape index (κ2) is 7.85. The van der Waals surface area contributed by atoms with E-state index in [1.54, 1.807) is 24.3 Å². The summed E-state index contributed by atoms with van der Waals surface area (Å²) >= 11 is 4.89. The summed E-state index contributed by atoms with van der Waals surface area (Å²) in [4.78, 5) is 16.9. The Balaban J connectivity index is 1.89. The van der Waals surface area contributed by atoms with E-state index < -0.39 is 21.5 Å². The lowest BCUT2D eigenvalue weighted by Crippen LogP contribution is -2.21. The molecule has 0 saturated carbocycles. The van der Waals surface area contributed by atoms with E-state index in [0.29, 0.717) is 16.9 Å². The minimum atomic E-state index is -3.57. The Labute approximate surface area is 164 Å². The highest BCUT2D eigenvalue weighted by Gasteiger charge is 2.18. The van der Waals surface area contributed by atoms with E-state index in [-0.39, 0.29) is 5.75 Å². The van der Waals surface area contributed by atoms with Gasteiger partial charge in [0.1, 0.15) is 5.75 Å². The van der Waals surface area contributed by atoms with Crippen LogP contribution in [0.25, 0.3) is 10.2 Å². The number of hydrogen-bond donors (Lipinski definition) is 0.